The Morgan fingerprint density at radius 3 is 2.02 bits per heavy atom. The fourth-order valence-electron chi connectivity index (χ4n) is 7.97. The van der Waals surface area contributed by atoms with Gasteiger partial charge in [0.05, 0.1) is 16.6 Å². The van der Waals surface area contributed by atoms with Gasteiger partial charge in [0, 0.05) is 49.5 Å². The van der Waals surface area contributed by atoms with Gasteiger partial charge >= 0.3 is 0 Å². The molecule has 0 atom stereocenters. The molecule has 0 saturated heterocycles. The van der Waals surface area contributed by atoms with Gasteiger partial charge in [0.1, 0.15) is 11.6 Å². The summed E-state index contributed by atoms with van der Waals surface area (Å²) in [5, 5.41) is 11.0. The van der Waals surface area contributed by atoms with Crippen LogP contribution in [0.15, 0.2) is 152 Å². The number of hydrogen-bond donors (Lipinski definition) is 1. The molecular formula is C48H38N3OPt-. The molecule has 0 amide bonds. The smallest absolute Gasteiger partial charge is 0.148 e. The minimum atomic E-state index is -0.316. The first-order chi connectivity index (χ1) is 25.2. The normalized spacial score (nSPS) is 13.0. The number of hydrogen-bond acceptors (Lipinski definition) is 3. The third-order valence-corrected chi connectivity index (χ3v) is 11.0. The molecule has 0 saturated carbocycles. The molecule has 1 aliphatic rings. The second kappa shape index (κ2) is 13.1. The Hall–Kier alpha value is -5.57. The summed E-state index contributed by atoms with van der Waals surface area (Å²) in [5.74, 6) is 0.860. The van der Waals surface area contributed by atoms with Gasteiger partial charge in [0.25, 0.3) is 0 Å². The molecule has 262 valence electrons. The van der Waals surface area contributed by atoms with Gasteiger partial charge in [0.2, 0.25) is 0 Å². The van der Waals surface area contributed by atoms with Crippen molar-refractivity contribution in [3.05, 3.63) is 180 Å². The Morgan fingerprint density at radius 1 is 0.623 bits per heavy atom. The average molecular weight is 868 g/mol. The molecule has 0 radical (unpaired) electrons. The summed E-state index contributed by atoms with van der Waals surface area (Å²) in [5.41, 5.74) is 14.1. The topological polar surface area (TPSA) is 50.9 Å². The number of rotatable bonds is 6. The van der Waals surface area contributed by atoms with E-state index in [0.29, 0.717) is 11.4 Å². The second-order valence-electron chi connectivity index (χ2n) is 14.8. The fourth-order valence-corrected chi connectivity index (χ4v) is 7.97. The monoisotopic (exact) mass is 867 g/mol. The molecule has 9 rings (SSSR count). The fraction of sp³-hybridized carbons (Fsp3) is 0.125. The zero-order chi connectivity index (χ0) is 35.6. The molecule has 1 aliphatic carbocycles. The first-order valence-electron chi connectivity index (χ1n) is 17.8. The molecule has 8 aromatic rings. The van der Waals surface area contributed by atoms with E-state index in [9.17, 15) is 5.11 Å². The molecule has 0 unspecified atom stereocenters. The van der Waals surface area contributed by atoms with Crippen molar-refractivity contribution in [3.8, 4) is 56.3 Å². The predicted octanol–water partition coefficient (Wildman–Crippen LogP) is 11.6. The summed E-state index contributed by atoms with van der Waals surface area (Å²) in [6, 6.07) is 53.9. The minimum Gasteiger partial charge on any atom is -0.507 e. The van der Waals surface area contributed by atoms with Crippen molar-refractivity contribution in [2.75, 3.05) is 0 Å². The first kappa shape index (κ1) is 34.5. The molecule has 0 aliphatic heterocycles. The van der Waals surface area contributed by atoms with Crippen LogP contribution in [-0.2, 0) is 31.9 Å². The summed E-state index contributed by atoms with van der Waals surface area (Å²) in [4.78, 5) is 10.4. The Kier molecular flexibility index (Phi) is 8.55. The average Bonchev–Trinajstić information content (AvgIpc) is 3.68. The molecule has 1 N–H and O–H groups in total. The Bertz CT molecular complexity index is 2640. The predicted molar refractivity (Wildman–Crippen MR) is 212 cm³/mol. The van der Waals surface area contributed by atoms with Crippen LogP contribution in [0.2, 0.25) is 0 Å². The maximum absolute atomic E-state index is 11.0. The Labute approximate surface area is 325 Å². The van der Waals surface area contributed by atoms with Gasteiger partial charge < -0.3 is 5.11 Å². The number of pyridine rings is 1. The molecule has 4 nitrogen and oxygen atoms in total. The standard InChI is InChI=1S/C48H38N3O.Pt/c1-47(2,33-16-7-5-8-17-33)34-27-31(26-32(28-34)42-29-39-37-20-11-13-23-40(37)48(3,4)41(39)30-49-42)36-22-15-24-43-45(36)50-46(38-21-12-14-25-44(38)52)51(43)35-18-9-6-10-19-35;/h5-25,27-30,52H,1-4H3;/q-1;. The summed E-state index contributed by atoms with van der Waals surface area (Å²) in [7, 11) is 0. The van der Waals surface area contributed by atoms with E-state index in [4.69, 9.17) is 9.97 Å². The number of phenolic OH excluding ortho intramolecular Hbond substituents is 1. The van der Waals surface area contributed by atoms with Crippen LogP contribution < -0.4 is 0 Å². The number of phenols is 1. The third-order valence-electron chi connectivity index (χ3n) is 11.0. The third kappa shape index (κ3) is 5.64. The van der Waals surface area contributed by atoms with E-state index >= 15 is 0 Å². The summed E-state index contributed by atoms with van der Waals surface area (Å²) >= 11 is 0. The number of fused-ring (bicyclic) bond motifs is 4. The van der Waals surface area contributed by atoms with Gasteiger partial charge in [-0.1, -0.05) is 142 Å². The van der Waals surface area contributed by atoms with E-state index in [-0.39, 0.29) is 37.6 Å². The van der Waals surface area contributed by atoms with E-state index in [2.05, 4.69) is 148 Å². The molecule has 53 heavy (non-hydrogen) atoms. The van der Waals surface area contributed by atoms with Crippen molar-refractivity contribution in [1.82, 2.24) is 14.5 Å². The summed E-state index contributed by atoms with van der Waals surface area (Å²) in [6.45, 7) is 9.12. The van der Waals surface area contributed by atoms with Crippen LogP contribution in [0.3, 0.4) is 0 Å². The van der Waals surface area contributed by atoms with Gasteiger partial charge in [-0.25, -0.2) is 4.98 Å². The summed E-state index contributed by atoms with van der Waals surface area (Å²) in [6.07, 6.45) is 2.06. The van der Waals surface area contributed by atoms with Crippen LogP contribution in [0.5, 0.6) is 5.75 Å². The molecule has 0 spiro atoms. The van der Waals surface area contributed by atoms with Gasteiger partial charge in [0.15, 0.2) is 0 Å². The van der Waals surface area contributed by atoms with Gasteiger partial charge in [-0.15, -0.1) is 29.3 Å². The number of benzene rings is 6. The molecular weight excluding hydrogens is 830 g/mol. The quantitative estimate of drug-likeness (QED) is 0.169. The van der Waals surface area contributed by atoms with E-state index < -0.39 is 0 Å². The van der Waals surface area contributed by atoms with Crippen LogP contribution in [0.1, 0.15) is 49.9 Å². The van der Waals surface area contributed by atoms with E-state index in [0.717, 1.165) is 44.7 Å². The van der Waals surface area contributed by atoms with Crippen LogP contribution >= 0.6 is 0 Å². The number of para-hydroxylation sites is 3. The number of imidazole rings is 1. The van der Waals surface area contributed by atoms with Crippen molar-refractivity contribution in [2.45, 2.75) is 38.5 Å². The number of aromatic nitrogens is 3. The first-order valence-corrected chi connectivity index (χ1v) is 17.8. The van der Waals surface area contributed by atoms with Crippen molar-refractivity contribution in [2.24, 2.45) is 0 Å². The zero-order valence-corrected chi connectivity index (χ0v) is 32.3. The maximum Gasteiger partial charge on any atom is 0.148 e. The largest absolute Gasteiger partial charge is 0.507 e. The molecule has 5 heteroatoms. The second-order valence-corrected chi connectivity index (χ2v) is 14.8. The van der Waals surface area contributed by atoms with Crippen molar-refractivity contribution < 1.29 is 26.2 Å². The van der Waals surface area contributed by atoms with Crippen LogP contribution in [0.4, 0.5) is 0 Å². The summed E-state index contributed by atoms with van der Waals surface area (Å²) < 4.78 is 2.13. The van der Waals surface area contributed by atoms with Crippen molar-refractivity contribution >= 4 is 11.0 Å². The molecule has 2 heterocycles. The molecule has 6 aromatic carbocycles. The van der Waals surface area contributed by atoms with Gasteiger partial charge in [-0.3, -0.25) is 9.55 Å². The van der Waals surface area contributed by atoms with E-state index in [1.807, 2.05) is 36.4 Å². The maximum atomic E-state index is 11.0. The zero-order valence-electron chi connectivity index (χ0n) is 30.0. The Morgan fingerprint density at radius 2 is 1.26 bits per heavy atom. The van der Waals surface area contributed by atoms with Crippen LogP contribution in [0.25, 0.3) is 61.6 Å². The number of nitrogens with zero attached hydrogens (tertiary/aromatic N) is 3. The minimum absolute atomic E-state index is 0. The number of aromatic hydroxyl groups is 1. The SMILES string of the molecule is CC(C)(c1ccccc1)c1cc(-c2cc3c(cn2)C(C)(C)c2ccccc2-3)[c-]c(-c2cccc3c2nc(-c2ccccc2O)n3-c2ccccc2)c1.[Pt]. The van der Waals surface area contributed by atoms with Crippen molar-refractivity contribution in [3.63, 3.8) is 0 Å². The molecule has 0 bridgehead atoms. The van der Waals surface area contributed by atoms with E-state index in [1.165, 1.54) is 27.8 Å². The molecule has 2 aromatic heterocycles. The van der Waals surface area contributed by atoms with E-state index in [1.54, 1.807) is 6.07 Å². The van der Waals surface area contributed by atoms with Crippen molar-refractivity contribution in [1.29, 1.82) is 0 Å². The Balaban J connectivity index is 0.00000400. The van der Waals surface area contributed by atoms with Gasteiger partial charge in [-0.2, -0.15) is 0 Å². The molecule has 0 fully saturated rings. The van der Waals surface area contributed by atoms with Gasteiger partial charge in [-0.05, 0) is 58.1 Å². The van der Waals surface area contributed by atoms with Crippen LogP contribution in [-0.4, -0.2) is 19.6 Å². The van der Waals surface area contributed by atoms with Crippen LogP contribution in [0, 0.1) is 6.07 Å².